The lowest BCUT2D eigenvalue weighted by Gasteiger charge is -2.11. The first kappa shape index (κ1) is 16.1. The van der Waals surface area contributed by atoms with Crippen LogP contribution in [0.5, 0.6) is 5.75 Å². The van der Waals surface area contributed by atoms with Crippen LogP contribution in [0.15, 0.2) is 60.7 Å². The van der Waals surface area contributed by atoms with Gasteiger partial charge in [-0.3, -0.25) is 4.79 Å². The van der Waals surface area contributed by atoms with E-state index in [-0.39, 0.29) is 5.91 Å². The van der Waals surface area contributed by atoms with Gasteiger partial charge in [0, 0.05) is 10.9 Å². The second-order valence-electron chi connectivity index (χ2n) is 5.90. The maximum Gasteiger partial charge on any atom is 0.251 e. The van der Waals surface area contributed by atoms with Crippen molar-refractivity contribution in [3.63, 3.8) is 0 Å². The molecule has 0 aromatic heterocycles. The van der Waals surface area contributed by atoms with Crippen LogP contribution < -0.4 is 10.1 Å². The second kappa shape index (κ2) is 7.18. The topological polar surface area (TPSA) is 38.3 Å². The third-order valence-corrected chi connectivity index (χ3v) is 4.03. The highest BCUT2D eigenvalue weighted by Crippen LogP contribution is 2.24. The molecule has 3 aromatic carbocycles. The summed E-state index contributed by atoms with van der Waals surface area (Å²) in [5, 5.41) is 5.15. The fraction of sp³-hybridized carbons (Fsp3) is 0.190. The lowest BCUT2D eigenvalue weighted by Crippen LogP contribution is -2.28. The molecule has 3 nitrogen and oxygen atoms in total. The average molecular weight is 319 g/mol. The molecule has 122 valence electrons. The van der Waals surface area contributed by atoms with Gasteiger partial charge in [0.15, 0.2) is 0 Å². The number of hydrogen-bond donors (Lipinski definition) is 1. The maximum atomic E-state index is 12.3. The maximum absolute atomic E-state index is 12.3. The van der Waals surface area contributed by atoms with E-state index < -0.39 is 0 Å². The Balaban J connectivity index is 1.59. The number of benzene rings is 3. The van der Waals surface area contributed by atoms with Gasteiger partial charge in [-0.1, -0.05) is 54.1 Å². The van der Waals surface area contributed by atoms with Gasteiger partial charge in [0.25, 0.3) is 5.91 Å². The molecule has 3 aromatic rings. The summed E-state index contributed by atoms with van der Waals surface area (Å²) < 4.78 is 5.84. The van der Waals surface area contributed by atoms with Crippen LogP contribution >= 0.6 is 0 Å². The van der Waals surface area contributed by atoms with Crippen molar-refractivity contribution in [1.29, 1.82) is 0 Å². The van der Waals surface area contributed by atoms with Crippen molar-refractivity contribution >= 4 is 16.7 Å². The monoisotopic (exact) mass is 319 g/mol. The molecule has 0 aliphatic heterocycles. The summed E-state index contributed by atoms with van der Waals surface area (Å²) in [5.74, 6) is 0.784. The molecule has 1 amide bonds. The summed E-state index contributed by atoms with van der Waals surface area (Å²) in [4.78, 5) is 12.3. The van der Waals surface area contributed by atoms with E-state index in [1.54, 1.807) is 0 Å². The summed E-state index contributed by atoms with van der Waals surface area (Å²) in [5.41, 5.74) is 2.78. The van der Waals surface area contributed by atoms with Gasteiger partial charge in [0.05, 0.1) is 6.54 Å². The first-order chi connectivity index (χ1) is 11.6. The molecule has 0 atom stereocenters. The fourth-order valence-electron chi connectivity index (χ4n) is 2.72. The zero-order valence-electron chi connectivity index (χ0n) is 14.0. The predicted octanol–water partition coefficient (Wildman–Crippen LogP) is 4.27. The Kier molecular flexibility index (Phi) is 4.80. The number of amides is 1. The van der Waals surface area contributed by atoms with Crippen LogP contribution in [0.3, 0.4) is 0 Å². The van der Waals surface area contributed by atoms with Crippen LogP contribution in [-0.2, 0) is 0 Å². The van der Waals surface area contributed by atoms with Crippen LogP contribution in [0.4, 0.5) is 0 Å². The zero-order valence-corrected chi connectivity index (χ0v) is 14.0. The summed E-state index contributed by atoms with van der Waals surface area (Å²) in [7, 11) is 0. The summed E-state index contributed by atoms with van der Waals surface area (Å²) in [6.07, 6.45) is 0. The highest BCUT2D eigenvalue weighted by atomic mass is 16.5. The fourth-order valence-corrected chi connectivity index (χ4v) is 2.72. The summed E-state index contributed by atoms with van der Waals surface area (Å²) in [6.45, 7) is 4.83. The van der Waals surface area contributed by atoms with Crippen LogP contribution in [0, 0.1) is 13.8 Å². The van der Waals surface area contributed by atoms with Crippen molar-refractivity contribution < 1.29 is 9.53 Å². The van der Waals surface area contributed by atoms with E-state index in [1.165, 1.54) is 0 Å². The molecule has 0 fully saturated rings. The summed E-state index contributed by atoms with van der Waals surface area (Å²) in [6, 6.07) is 20.0. The Morgan fingerprint density at radius 1 is 1.00 bits per heavy atom. The molecular formula is C21H21NO2. The molecule has 1 N–H and O–H groups in total. The molecule has 0 heterocycles. The van der Waals surface area contributed by atoms with E-state index in [2.05, 4.69) is 17.4 Å². The number of nitrogens with one attached hydrogen (secondary N) is 1. The SMILES string of the molecule is Cc1ccc(C)c(C(=O)NCCOc2cccc3ccccc23)c1. The molecule has 3 heteroatoms. The largest absolute Gasteiger partial charge is 0.491 e. The van der Waals surface area contributed by atoms with Crippen molar-refractivity contribution in [2.75, 3.05) is 13.2 Å². The second-order valence-corrected chi connectivity index (χ2v) is 5.90. The minimum atomic E-state index is -0.0577. The number of rotatable bonds is 5. The van der Waals surface area contributed by atoms with E-state index in [4.69, 9.17) is 4.74 Å². The van der Waals surface area contributed by atoms with E-state index >= 15 is 0 Å². The number of hydrogen-bond acceptors (Lipinski definition) is 2. The first-order valence-electron chi connectivity index (χ1n) is 8.11. The molecule has 0 unspecified atom stereocenters. The van der Waals surface area contributed by atoms with Gasteiger partial charge < -0.3 is 10.1 Å². The van der Waals surface area contributed by atoms with Crippen LogP contribution in [0.2, 0.25) is 0 Å². The van der Waals surface area contributed by atoms with Gasteiger partial charge in [-0.25, -0.2) is 0 Å². The number of fused-ring (bicyclic) bond motifs is 1. The minimum Gasteiger partial charge on any atom is -0.491 e. The van der Waals surface area contributed by atoms with Gasteiger partial charge in [-0.05, 0) is 36.9 Å². The number of aryl methyl sites for hydroxylation is 2. The molecule has 0 radical (unpaired) electrons. The normalized spacial score (nSPS) is 10.6. The Labute approximate surface area is 142 Å². The van der Waals surface area contributed by atoms with Gasteiger partial charge in [-0.15, -0.1) is 0 Å². The van der Waals surface area contributed by atoms with Gasteiger partial charge >= 0.3 is 0 Å². The van der Waals surface area contributed by atoms with Crippen molar-refractivity contribution in [3.05, 3.63) is 77.4 Å². The Morgan fingerprint density at radius 3 is 2.67 bits per heavy atom. The van der Waals surface area contributed by atoms with Crippen molar-refractivity contribution in [2.45, 2.75) is 13.8 Å². The number of carbonyl (C=O) groups is 1. The van der Waals surface area contributed by atoms with Crippen molar-refractivity contribution in [2.24, 2.45) is 0 Å². The standard InChI is InChI=1S/C21H21NO2/c1-15-10-11-16(2)19(14-15)21(23)22-12-13-24-20-9-5-7-17-6-3-4-8-18(17)20/h3-11,14H,12-13H2,1-2H3,(H,22,23). The number of carbonyl (C=O) groups excluding carboxylic acids is 1. The lowest BCUT2D eigenvalue weighted by atomic mass is 10.1. The zero-order chi connectivity index (χ0) is 16.9. The highest BCUT2D eigenvalue weighted by molar-refractivity contribution is 5.95. The van der Waals surface area contributed by atoms with Crippen molar-refractivity contribution in [1.82, 2.24) is 5.32 Å². The molecule has 0 saturated heterocycles. The molecule has 0 saturated carbocycles. The van der Waals surface area contributed by atoms with Crippen LogP contribution in [0.25, 0.3) is 10.8 Å². The molecular weight excluding hydrogens is 298 g/mol. The summed E-state index contributed by atoms with van der Waals surface area (Å²) >= 11 is 0. The third-order valence-electron chi connectivity index (χ3n) is 4.03. The van der Waals surface area contributed by atoms with E-state index in [9.17, 15) is 4.79 Å². The third kappa shape index (κ3) is 3.57. The minimum absolute atomic E-state index is 0.0577. The lowest BCUT2D eigenvalue weighted by molar-refractivity contribution is 0.0946. The highest BCUT2D eigenvalue weighted by Gasteiger charge is 2.08. The molecule has 0 bridgehead atoms. The molecule has 3 rings (SSSR count). The van der Waals surface area contributed by atoms with Gasteiger partial charge in [0.1, 0.15) is 12.4 Å². The molecule has 24 heavy (non-hydrogen) atoms. The van der Waals surface area contributed by atoms with Crippen LogP contribution in [0.1, 0.15) is 21.5 Å². The van der Waals surface area contributed by atoms with Gasteiger partial charge in [-0.2, -0.15) is 0 Å². The predicted molar refractivity (Wildman–Crippen MR) is 97.7 cm³/mol. The van der Waals surface area contributed by atoms with Gasteiger partial charge in [0.2, 0.25) is 0 Å². The molecule has 0 aliphatic carbocycles. The molecule has 0 aliphatic rings. The smallest absolute Gasteiger partial charge is 0.251 e. The van der Waals surface area contributed by atoms with E-state index in [0.29, 0.717) is 13.2 Å². The number of ether oxygens (including phenoxy) is 1. The first-order valence-corrected chi connectivity index (χ1v) is 8.11. The molecule has 0 spiro atoms. The Morgan fingerprint density at radius 2 is 1.79 bits per heavy atom. The van der Waals surface area contributed by atoms with E-state index in [1.807, 2.05) is 62.4 Å². The van der Waals surface area contributed by atoms with Crippen LogP contribution in [-0.4, -0.2) is 19.1 Å². The quantitative estimate of drug-likeness (QED) is 0.713. The Hall–Kier alpha value is -2.81. The Bertz CT molecular complexity index is 865. The van der Waals surface area contributed by atoms with E-state index in [0.717, 1.165) is 33.2 Å². The average Bonchev–Trinajstić information content (AvgIpc) is 2.60. The van der Waals surface area contributed by atoms with Crippen molar-refractivity contribution in [3.8, 4) is 5.75 Å².